The minimum atomic E-state index is 0.617. The van der Waals surface area contributed by atoms with Crippen LogP contribution in [0.25, 0.3) is 22.1 Å². The molecule has 0 atom stereocenters. The van der Waals surface area contributed by atoms with Crippen LogP contribution in [0.2, 0.25) is 0 Å². The summed E-state index contributed by atoms with van der Waals surface area (Å²) in [6.07, 6.45) is 1.74. The van der Waals surface area contributed by atoms with Gasteiger partial charge in [-0.25, -0.2) is 0 Å². The van der Waals surface area contributed by atoms with Gasteiger partial charge in [-0.1, -0.05) is 30.3 Å². The molecule has 1 heterocycles. The fraction of sp³-hybridized carbons (Fsp3) is 0. The van der Waals surface area contributed by atoms with Gasteiger partial charge in [0.1, 0.15) is 5.58 Å². The van der Waals surface area contributed by atoms with Crippen molar-refractivity contribution in [3.05, 3.63) is 60.4 Å². The van der Waals surface area contributed by atoms with Gasteiger partial charge in [0, 0.05) is 10.9 Å². The van der Waals surface area contributed by atoms with E-state index in [1.165, 1.54) is 0 Å². The Morgan fingerprint density at radius 1 is 1.00 bits per heavy atom. The van der Waals surface area contributed by atoms with E-state index in [0.29, 0.717) is 5.56 Å². The second-order valence-electron chi connectivity index (χ2n) is 3.84. The van der Waals surface area contributed by atoms with Gasteiger partial charge in [-0.3, -0.25) is 0 Å². The molecule has 1 aromatic heterocycles. The zero-order valence-corrected chi connectivity index (χ0v) is 9.05. The summed E-state index contributed by atoms with van der Waals surface area (Å²) < 4.78 is 5.49. The molecule has 0 aliphatic carbocycles. The molecule has 0 saturated heterocycles. The van der Waals surface area contributed by atoms with Gasteiger partial charge in [-0.15, -0.1) is 0 Å². The maximum Gasteiger partial charge on any atom is 0.135 e. The van der Waals surface area contributed by atoms with Crippen molar-refractivity contribution >= 4 is 11.0 Å². The van der Waals surface area contributed by atoms with E-state index in [1.807, 2.05) is 42.5 Å². The lowest BCUT2D eigenvalue weighted by Gasteiger charge is -1.97. The normalized spacial score (nSPS) is 10.3. The van der Waals surface area contributed by atoms with Gasteiger partial charge in [0.2, 0.25) is 0 Å². The number of hydrogen-bond acceptors (Lipinski definition) is 2. The Kier molecular flexibility index (Phi) is 2.16. The molecule has 2 aromatic carbocycles. The SMILES string of the molecule is N#Cc1ccc2c(-c3ccccc3)coc2c1. The number of nitriles is 1. The molecule has 3 aromatic rings. The quantitative estimate of drug-likeness (QED) is 0.620. The molecule has 0 aliphatic rings. The lowest BCUT2D eigenvalue weighted by atomic mass is 10.0. The Morgan fingerprint density at radius 3 is 2.59 bits per heavy atom. The first-order chi connectivity index (χ1) is 8.38. The van der Waals surface area contributed by atoms with Crippen LogP contribution >= 0.6 is 0 Å². The van der Waals surface area contributed by atoms with Gasteiger partial charge in [-0.05, 0) is 23.8 Å². The molecule has 0 fully saturated rings. The van der Waals surface area contributed by atoms with E-state index in [1.54, 1.807) is 12.3 Å². The van der Waals surface area contributed by atoms with Crippen molar-refractivity contribution in [2.24, 2.45) is 0 Å². The van der Waals surface area contributed by atoms with E-state index in [-0.39, 0.29) is 0 Å². The van der Waals surface area contributed by atoms with Crippen LogP contribution in [-0.2, 0) is 0 Å². The molecule has 80 valence electrons. The molecule has 0 amide bonds. The predicted molar refractivity (Wildman–Crippen MR) is 66.4 cm³/mol. The molecule has 0 unspecified atom stereocenters. The molecule has 17 heavy (non-hydrogen) atoms. The Hall–Kier alpha value is -2.53. The first kappa shape index (κ1) is 9.68. The molecule has 0 radical (unpaired) electrons. The third kappa shape index (κ3) is 1.58. The predicted octanol–water partition coefficient (Wildman–Crippen LogP) is 3.97. The van der Waals surface area contributed by atoms with Crippen molar-refractivity contribution in [2.75, 3.05) is 0 Å². The van der Waals surface area contributed by atoms with Crippen LogP contribution in [0.15, 0.2) is 59.2 Å². The highest BCUT2D eigenvalue weighted by atomic mass is 16.3. The molecule has 0 bridgehead atoms. The molecular formula is C15H9NO. The molecule has 2 nitrogen and oxygen atoms in total. The van der Waals surface area contributed by atoms with Crippen LogP contribution < -0.4 is 0 Å². The Balaban J connectivity index is 2.23. The fourth-order valence-electron chi connectivity index (χ4n) is 1.94. The zero-order valence-electron chi connectivity index (χ0n) is 9.05. The van der Waals surface area contributed by atoms with Crippen molar-refractivity contribution in [3.8, 4) is 17.2 Å². The minimum Gasteiger partial charge on any atom is -0.464 e. The summed E-state index contributed by atoms with van der Waals surface area (Å²) in [5, 5.41) is 9.87. The topological polar surface area (TPSA) is 36.9 Å². The molecule has 3 rings (SSSR count). The average Bonchev–Trinajstić information content (AvgIpc) is 2.82. The van der Waals surface area contributed by atoms with Gasteiger partial charge in [0.05, 0.1) is 17.9 Å². The van der Waals surface area contributed by atoms with Gasteiger partial charge >= 0.3 is 0 Å². The van der Waals surface area contributed by atoms with E-state index < -0.39 is 0 Å². The van der Waals surface area contributed by atoms with E-state index >= 15 is 0 Å². The van der Waals surface area contributed by atoms with E-state index in [9.17, 15) is 0 Å². The first-order valence-electron chi connectivity index (χ1n) is 5.35. The van der Waals surface area contributed by atoms with Gasteiger partial charge in [0.25, 0.3) is 0 Å². The number of furan rings is 1. The standard InChI is InChI=1S/C15H9NO/c16-9-11-6-7-13-14(10-17-15(13)8-11)12-4-2-1-3-5-12/h1-8,10H. The van der Waals surface area contributed by atoms with Crippen LogP contribution in [0, 0.1) is 11.3 Å². The largest absolute Gasteiger partial charge is 0.464 e. The summed E-state index contributed by atoms with van der Waals surface area (Å²) in [4.78, 5) is 0. The highest BCUT2D eigenvalue weighted by Crippen LogP contribution is 2.30. The lowest BCUT2D eigenvalue weighted by Crippen LogP contribution is -1.75. The summed E-state index contributed by atoms with van der Waals surface area (Å²) in [5.41, 5.74) is 3.55. The second kappa shape index (κ2) is 3.80. The van der Waals surface area contributed by atoms with Crippen molar-refractivity contribution < 1.29 is 4.42 Å². The van der Waals surface area contributed by atoms with Crippen molar-refractivity contribution in [3.63, 3.8) is 0 Å². The monoisotopic (exact) mass is 219 g/mol. The van der Waals surface area contributed by atoms with Gasteiger partial charge in [0.15, 0.2) is 0 Å². The summed E-state index contributed by atoms with van der Waals surface area (Å²) in [6, 6.07) is 17.7. The second-order valence-corrected chi connectivity index (χ2v) is 3.84. The van der Waals surface area contributed by atoms with Crippen molar-refractivity contribution in [1.29, 1.82) is 5.26 Å². The van der Waals surface area contributed by atoms with Crippen LogP contribution in [0.1, 0.15) is 5.56 Å². The summed E-state index contributed by atoms with van der Waals surface area (Å²) in [7, 11) is 0. The van der Waals surface area contributed by atoms with Crippen molar-refractivity contribution in [2.45, 2.75) is 0 Å². The zero-order chi connectivity index (χ0) is 11.7. The van der Waals surface area contributed by atoms with Crippen LogP contribution in [0.3, 0.4) is 0 Å². The minimum absolute atomic E-state index is 0.617. The molecule has 0 spiro atoms. The fourth-order valence-corrected chi connectivity index (χ4v) is 1.94. The van der Waals surface area contributed by atoms with E-state index in [0.717, 1.165) is 22.1 Å². The smallest absolute Gasteiger partial charge is 0.135 e. The van der Waals surface area contributed by atoms with Gasteiger partial charge < -0.3 is 4.42 Å². The molecule has 0 saturated carbocycles. The summed E-state index contributed by atoms with van der Waals surface area (Å²) in [5.74, 6) is 0. The Labute approximate surface area is 98.7 Å². The molecule has 0 N–H and O–H groups in total. The Morgan fingerprint density at radius 2 is 1.82 bits per heavy atom. The van der Waals surface area contributed by atoms with E-state index in [2.05, 4.69) is 6.07 Å². The molecule has 2 heteroatoms. The van der Waals surface area contributed by atoms with Gasteiger partial charge in [-0.2, -0.15) is 5.26 Å². The van der Waals surface area contributed by atoms with E-state index in [4.69, 9.17) is 9.68 Å². The maximum atomic E-state index is 8.83. The highest BCUT2D eigenvalue weighted by molar-refractivity contribution is 5.94. The summed E-state index contributed by atoms with van der Waals surface area (Å²) in [6.45, 7) is 0. The lowest BCUT2D eigenvalue weighted by molar-refractivity contribution is 0.617. The number of nitrogens with zero attached hydrogens (tertiary/aromatic N) is 1. The third-order valence-electron chi connectivity index (χ3n) is 2.79. The highest BCUT2D eigenvalue weighted by Gasteiger charge is 2.07. The van der Waals surface area contributed by atoms with Crippen LogP contribution in [-0.4, -0.2) is 0 Å². The van der Waals surface area contributed by atoms with Crippen molar-refractivity contribution in [1.82, 2.24) is 0 Å². The Bertz CT molecular complexity index is 705. The first-order valence-corrected chi connectivity index (χ1v) is 5.35. The maximum absolute atomic E-state index is 8.83. The average molecular weight is 219 g/mol. The number of benzene rings is 2. The third-order valence-corrected chi connectivity index (χ3v) is 2.79. The number of fused-ring (bicyclic) bond motifs is 1. The molecule has 0 aliphatic heterocycles. The molecular weight excluding hydrogens is 210 g/mol. The number of rotatable bonds is 1. The van der Waals surface area contributed by atoms with Crippen LogP contribution in [0.5, 0.6) is 0 Å². The van der Waals surface area contributed by atoms with Crippen LogP contribution in [0.4, 0.5) is 0 Å². The number of hydrogen-bond donors (Lipinski definition) is 0. The summed E-state index contributed by atoms with van der Waals surface area (Å²) >= 11 is 0.